The van der Waals surface area contributed by atoms with Crippen LogP contribution in [0.3, 0.4) is 0 Å². The Morgan fingerprint density at radius 2 is 1.50 bits per heavy atom. The Bertz CT molecular complexity index is 864. The molecule has 0 bridgehead atoms. The van der Waals surface area contributed by atoms with Gasteiger partial charge in [-0.3, -0.25) is 9.59 Å². The predicted octanol–water partition coefficient (Wildman–Crippen LogP) is 1.41. The van der Waals surface area contributed by atoms with Crippen LogP contribution in [0.25, 0.3) is 0 Å². The summed E-state index contributed by atoms with van der Waals surface area (Å²) in [7, 11) is 2.36. The van der Waals surface area contributed by atoms with Crippen molar-refractivity contribution < 1.29 is 28.7 Å². The third-order valence-corrected chi connectivity index (χ3v) is 3.69. The van der Waals surface area contributed by atoms with E-state index in [0.717, 1.165) is 0 Å². The smallest absolute Gasteiger partial charge is 0.337 e. The van der Waals surface area contributed by atoms with Gasteiger partial charge in [0.05, 0.1) is 25.3 Å². The molecule has 0 spiro atoms. The number of ether oxygens (including phenoxy) is 2. The molecule has 0 aliphatic rings. The Balaban J connectivity index is 2.18. The lowest BCUT2D eigenvalue weighted by atomic mass is 10.0. The fourth-order valence-corrected chi connectivity index (χ4v) is 2.25. The number of hydrogen-bond donors (Lipinski definition) is 2. The quantitative estimate of drug-likeness (QED) is 0.721. The molecule has 146 valence electrons. The zero-order valence-electron chi connectivity index (χ0n) is 15.5. The largest absolute Gasteiger partial charge is 0.465 e. The van der Waals surface area contributed by atoms with Crippen LogP contribution in [0, 0.1) is 0 Å². The summed E-state index contributed by atoms with van der Waals surface area (Å²) in [5, 5.41) is 5.06. The molecule has 2 N–H and O–H groups in total. The number of carbonyl (C=O) groups excluding carboxylic acids is 4. The second kappa shape index (κ2) is 9.26. The van der Waals surface area contributed by atoms with Crippen molar-refractivity contribution in [1.29, 1.82) is 0 Å². The van der Waals surface area contributed by atoms with Crippen LogP contribution < -0.4 is 10.6 Å². The molecule has 0 unspecified atom stereocenters. The first kappa shape index (κ1) is 20.6. The molecule has 2 rings (SSSR count). The molecule has 0 aliphatic carbocycles. The minimum atomic E-state index is -0.905. The summed E-state index contributed by atoms with van der Waals surface area (Å²) >= 11 is 0. The molecule has 9 heteroatoms. The van der Waals surface area contributed by atoms with Gasteiger partial charge in [0.1, 0.15) is 11.9 Å². The molecule has 28 heavy (non-hydrogen) atoms. The number of nitrogens with zero attached hydrogens (tertiary/aromatic N) is 1. The maximum Gasteiger partial charge on any atom is 0.337 e. The second-order valence-corrected chi connectivity index (χ2v) is 5.68. The van der Waals surface area contributed by atoms with Gasteiger partial charge in [0.25, 0.3) is 5.91 Å². The van der Waals surface area contributed by atoms with E-state index in [1.807, 2.05) is 0 Å². The van der Waals surface area contributed by atoms with Crippen molar-refractivity contribution in [3.8, 4) is 0 Å². The Hall–Kier alpha value is -3.75. The van der Waals surface area contributed by atoms with Gasteiger partial charge < -0.3 is 20.1 Å². The highest BCUT2D eigenvalue weighted by molar-refractivity contribution is 6.04. The molecule has 0 aliphatic heterocycles. The zero-order valence-corrected chi connectivity index (χ0v) is 15.5. The molecular formula is C19H19N3O6. The monoisotopic (exact) mass is 385 g/mol. The average Bonchev–Trinajstić information content (AvgIpc) is 2.72. The maximum atomic E-state index is 12.5. The highest BCUT2D eigenvalue weighted by Crippen LogP contribution is 2.13. The molecule has 1 heterocycles. The number of carbonyl (C=O) groups is 4. The van der Waals surface area contributed by atoms with Crippen molar-refractivity contribution >= 4 is 29.6 Å². The lowest BCUT2D eigenvalue weighted by Crippen LogP contribution is -2.41. The summed E-state index contributed by atoms with van der Waals surface area (Å²) < 4.78 is 9.26. The summed E-state index contributed by atoms with van der Waals surface area (Å²) in [5.74, 6) is -2.24. The van der Waals surface area contributed by atoms with E-state index in [-0.39, 0.29) is 16.7 Å². The summed E-state index contributed by atoms with van der Waals surface area (Å²) in [4.78, 5) is 52.3. The fourth-order valence-electron chi connectivity index (χ4n) is 2.25. The summed E-state index contributed by atoms with van der Waals surface area (Å²) in [5.41, 5.74) is 0.00284. The number of aromatic nitrogens is 1. The third kappa shape index (κ3) is 5.13. The first-order valence-corrected chi connectivity index (χ1v) is 8.20. The molecule has 0 saturated carbocycles. The van der Waals surface area contributed by atoms with Crippen molar-refractivity contribution in [2.45, 2.75) is 13.0 Å². The number of anilines is 1. The topological polar surface area (TPSA) is 124 Å². The van der Waals surface area contributed by atoms with Crippen LogP contribution in [-0.4, -0.2) is 49.0 Å². The molecule has 9 nitrogen and oxygen atoms in total. The lowest BCUT2D eigenvalue weighted by Gasteiger charge is -2.14. The fraction of sp³-hybridized carbons (Fsp3) is 0.211. The molecule has 1 aromatic carbocycles. The molecule has 2 amide bonds. The van der Waals surface area contributed by atoms with Gasteiger partial charge in [0, 0.05) is 11.8 Å². The van der Waals surface area contributed by atoms with Crippen molar-refractivity contribution in [1.82, 2.24) is 10.3 Å². The number of methoxy groups -OCH3 is 2. The Kier molecular flexibility index (Phi) is 6.80. The third-order valence-electron chi connectivity index (χ3n) is 3.69. The maximum absolute atomic E-state index is 12.5. The van der Waals surface area contributed by atoms with Gasteiger partial charge in [-0.05, 0) is 37.3 Å². The minimum absolute atomic E-state index is 0.000728. The van der Waals surface area contributed by atoms with E-state index >= 15 is 0 Å². The summed E-state index contributed by atoms with van der Waals surface area (Å²) in [6, 6.07) is 7.89. The van der Waals surface area contributed by atoms with Crippen molar-refractivity contribution in [2.75, 3.05) is 19.5 Å². The number of nitrogens with one attached hydrogen (secondary N) is 2. The number of amides is 2. The van der Waals surface area contributed by atoms with E-state index in [9.17, 15) is 19.2 Å². The number of hydrogen-bond acceptors (Lipinski definition) is 7. The first-order chi connectivity index (χ1) is 13.3. The summed E-state index contributed by atoms with van der Waals surface area (Å²) in [6.45, 7) is 1.49. The van der Waals surface area contributed by atoms with Crippen molar-refractivity contribution in [3.05, 3.63) is 59.3 Å². The zero-order chi connectivity index (χ0) is 20.7. The van der Waals surface area contributed by atoms with Gasteiger partial charge in [-0.25, -0.2) is 14.6 Å². The van der Waals surface area contributed by atoms with Crippen LogP contribution in [-0.2, 0) is 14.3 Å². The van der Waals surface area contributed by atoms with Crippen LogP contribution in [0.2, 0.25) is 0 Å². The highest BCUT2D eigenvalue weighted by Gasteiger charge is 2.20. The predicted molar refractivity (Wildman–Crippen MR) is 98.9 cm³/mol. The van der Waals surface area contributed by atoms with Gasteiger partial charge >= 0.3 is 11.9 Å². The van der Waals surface area contributed by atoms with Crippen LogP contribution in [0.1, 0.15) is 38.0 Å². The van der Waals surface area contributed by atoms with Crippen LogP contribution in [0.15, 0.2) is 42.6 Å². The SMILES string of the molecule is COC(=O)c1cc(C(=O)N[C@H](C)C(=O)Nc2ccccn2)cc(C(=O)OC)c1. The Labute approximate surface area is 161 Å². The first-order valence-electron chi connectivity index (χ1n) is 8.20. The normalized spacial score (nSPS) is 11.1. The number of pyridine rings is 1. The molecule has 1 aromatic heterocycles. The number of esters is 2. The second-order valence-electron chi connectivity index (χ2n) is 5.68. The molecule has 1 atom stereocenters. The van der Waals surface area contributed by atoms with E-state index in [4.69, 9.17) is 0 Å². The van der Waals surface area contributed by atoms with Gasteiger partial charge in [0.15, 0.2) is 0 Å². The standard InChI is InChI=1S/C19H19N3O6/c1-11(16(23)22-15-6-4-5-7-20-15)21-17(24)12-8-13(18(25)27-2)10-14(9-12)19(26)28-3/h4-11H,1-3H3,(H,21,24)(H,20,22,23)/t11-/m1/s1. The number of rotatable bonds is 6. The van der Waals surface area contributed by atoms with Crippen LogP contribution in [0.5, 0.6) is 0 Å². The van der Waals surface area contributed by atoms with Crippen LogP contribution in [0.4, 0.5) is 5.82 Å². The van der Waals surface area contributed by atoms with E-state index in [2.05, 4.69) is 25.1 Å². The van der Waals surface area contributed by atoms with Crippen molar-refractivity contribution in [3.63, 3.8) is 0 Å². The molecule has 0 saturated heterocycles. The lowest BCUT2D eigenvalue weighted by molar-refractivity contribution is -0.117. The Morgan fingerprint density at radius 1 is 0.929 bits per heavy atom. The molecule has 0 radical (unpaired) electrons. The van der Waals surface area contributed by atoms with Gasteiger partial charge in [-0.2, -0.15) is 0 Å². The van der Waals surface area contributed by atoms with E-state index in [1.165, 1.54) is 45.5 Å². The van der Waals surface area contributed by atoms with Gasteiger partial charge in [0.2, 0.25) is 5.91 Å². The Morgan fingerprint density at radius 3 is 2.00 bits per heavy atom. The van der Waals surface area contributed by atoms with E-state index < -0.39 is 29.8 Å². The van der Waals surface area contributed by atoms with Gasteiger partial charge in [-0.15, -0.1) is 0 Å². The average molecular weight is 385 g/mol. The highest BCUT2D eigenvalue weighted by atomic mass is 16.5. The van der Waals surface area contributed by atoms with Gasteiger partial charge in [-0.1, -0.05) is 6.07 Å². The summed E-state index contributed by atoms with van der Waals surface area (Å²) in [6.07, 6.45) is 1.52. The molecule has 0 fully saturated rings. The van der Waals surface area contributed by atoms with Crippen molar-refractivity contribution in [2.24, 2.45) is 0 Å². The van der Waals surface area contributed by atoms with E-state index in [1.54, 1.807) is 18.2 Å². The van der Waals surface area contributed by atoms with Crippen LogP contribution >= 0.6 is 0 Å². The molecule has 2 aromatic rings. The minimum Gasteiger partial charge on any atom is -0.465 e. The van der Waals surface area contributed by atoms with E-state index in [0.29, 0.717) is 5.82 Å². The number of benzene rings is 1. The molecular weight excluding hydrogens is 366 g/mol.